The van der Waals surface area contributed by atoms with Gasteiger partial charge in [0.2, 0.25) is 11.8 Å². The molecule has 3 N–H and O–H groups in total. The quantitative estimate of drug-likeness (QED) is 0.645. The second kappa shape index (κ2) is 5.03. The van der Waals surface area contributed by atoms with Gasteiger partial charge in [0.1, 0.15) is 0 Å². The van der Waals surface area contributed by atoms with E-state index in [0.29, 0.717) is 18.5 Å². The fourth-order valence-electron chi connectivity index (χ4n) is 3.17. The normalized spacial score (nSPS) is 27.2. The second-order valence-corrected chi connectivity index (χ2v) is 5.13. The van der Waals surface area contributed by atoms with Gasteiger partial charge in [0.05, 0.1) is 5.41 Å². The number of imide groups is 1. The molecular weight excluding hydrogens is 240 g/mol. The van der Waals surface area contributed by atoms with Gasteiger partial charge in [-0.25, -0.2) is 0 Å². The van der Waals surface area contributed by atoms with Crippen LogP contribution in [-0.2, 0) is 15.0 Å². The number of hydrogen-bond acceptors (Lipinski definition) is 3. The van der Waals surface area contributed by atoms with Gasteiger partial charge < -0.3 is 5.73 Å². The molecule has 4 heteroatoms. The fraction of sp³-hybridized carbons (Fsp3) is 0.467. The average molecular weight is 260 g/mol. The molecule has 0 aliphatic carbocycles. The topological polar surface area (TPSA) is 72.2 Å². The molecule has 0 bridgehead atoms. The largest absolute Gasteiger partial charge is 0.399 e. The van der Waals surface area contributed by atoms with Gasteiger partial charge in [-0.1, -0.05) is 32.4 Å². The molecule has 0 aromatic heterocycles. The molecule has 1 aliphatic rings. The molecule has 1 aliphatic heterocycles. The van der Waals surface area contributed by atoms with Crippen LogP contribution in [0, 0.1) is 5.92 Å². The van der Waals surface area contributed by atoms with Crippen LogP contribution in [0.2, 0.25) is 0 Å². The van der Waals surface area contributed by atoms with E-state index >= 15 is 0 Å². The van der Waals surface area contributed by atoms with Crippen molar-refractivity contribution in [2.24, 2.45) is 5.92 Å². The van der Waals surface area contributed by atoms with Crippen molar-refractivity contribution < 1.29 is 9.59 Å². The van der Waals surface area contributed by atoms with E-state index in [1.165, 1.54) is 0 Å². The monoisotopic (exact) mass is 260 g/mol. The summed E-state index contributed by atoms with van der Waals surface area (Å²) in [6.07, 6.45) is 1.88. The molecule has 1 aromatic rings. The Kier molecular flexibility index (Phi) is 3.60. The lowest BCUT2D eigenvalue weighted by atomic mass is 9.63. The molecule has 0 unspecified atom stereocenters. The molecule has 19 heavy (non-hydrogen) atoms. The van der Waals surface area contributed by atoms with Crippen LogP contribution < -0.4 is 11.1 Å². The van der Waals surface area contributed by atoms with Crippen LogP contribution >= 0.6 is 0 Å². The van der Waals surface area contributed by atoms with E-state index in [1.807, 2.05) is 38.1 Å². The minimum Gasteiger partial charge on any atom is -0.399 e. The standard InChI is InChI=1S/C15H20N2O2/c1-3-10-9-13(18)17-14(19)15(10,4-2)11-5-7-12(16)8-6-11/h5-8,10H,3-4,9,16H2,1-2H3,(H,17,18,19)/t10-,15+/m1/s1. The number of piperidine rings is 1. The molecule has 1 aromatic carbocycles. The molecule has 0 spiro atoms. The summed E-state index contributed by atoms with van der Waals surface area (Å²) >= 11 is 0. The number of rotatable bonds is 3. The van der Waals surface area contributed by atoms with E-state index in [9.17, 15) is 9.59 Å². The van der Waals surface area contributed by atoms with Crippen molar-refractivity contribution in [1.82, 2.24) is 5.32 Å². The van der Waals surface area contributed by atoms with Crippen molar-refractivity contribution in [3.8, 4) is 0 Å². The van der Waals surface area contributed by atoms with E-state index in [2.05, 4.69) is 5.32 Å². The summed E-state index contributed by atoms with van der Waals surface area (Å²) in [6.45, 7) is 4.02. The average Bonchev–Trinajstić information content (AvgIpc) is 2.40. The number of anilines is 1. The lowest BCUT2D eigenvalue weighted by Gasteiger charge is -2.41. The predicted octanol–water partition coefficient (Wildman–Crippen LogP) is 1.99. The summed E-state index contributed by atoms with van der Waals surface area (Å²) in [4.78, 5) is 24.0. The molecule has 2 atom stereocenters. The van der Waals surface area contributed by atoms with Gasteiger partial charge in [0.25, 0.3) is 0 Å². The van der Waals surface area contributed by atoms with E-state index in [0.717, 1.165) is 12.0 Å². The molecule has 0 saturated carbocycles. The van der Waals surface area contributed by atoms with Crippen LogP contribution in [0.25, 0.3) is 0 Å². The Morgan fingerprint density at radius 2 is 1.89 bits per heavy atom. The Morgan fingerprint density at radius 1 is 1.26 bits per heavy atom. The molecular formula is C15H20N2O2. The minimum atomic E-state index is -0.615. The van der Waals surface area contributed by atoms with Crippen LogP contribution in [0.4, 0.5) is 5.69 Å². The number of nitrogen functional groups attached to an aromatic ring is 1. The van der Waals surface area contributed by atoms with Crippen LogP contribution in [0.1, 0.15) is 38.7 Å². The lowest BCUT2D eigenvalue weighted by Crippen LogP contribution is -2.56. The number of nitrogens with two attached hydrogens (primary N) is 1. The first-order valence-electron chi connectivity index (χ1n) is 6.74. The Bertz CT molecular complexity index is 495. The first kappa shape index (κ1) is 13.6. The Hall–Kier alpha value is -1.84. The van der Waals surface area contributed by atoms with Crippen molar-refractivity contribution in [3.63, 3.8) is 0 Å². The van der Waals surface area contributed by atoms with E-state index in [-0.39, 0.29) is 17.7 Å². The summed E-state index contributed by atoms with van der Waals surface area (Å²) in [5, 5.41) is 2.49. The SMILES string of the molecule is CC[C@@H]1CC(=O)NC(=O)[C@]1(CC)c1ccc(N)cc1. The first-order valence-corrected chi connectivity index (χ1v) is 6.74. The lowest BCUT2D eigenvalue weighted by molar-refractivity contribution is -0.141. The van der Waals surface area contributed by atoms with Gasteiger partial charge in [0.15, 0.2) is 0 Å². The summed E-state index contributed by atoms with van der Waals surface area (Å²) in [7, 11) is 0. The molecule has 1 saturated heterocycles. The maximum absolute atomic E-state index is 12.4. The molecule has 1 fully saturated rings. The zero-order valence-corrected chi connectivity index (χ0v) is 11.4. The highest BCUT2D eigenvalue weighted by atomic mass is 16.2. The van der Waals surface area contributed by atoms with Gasteiger partial charge in [-0.2, -0.15) is 0 Å². The predicted molar refractivity (Wildman–Crippen MR) is 74.4 cm³/mol. The third-order valence-corrected chi connectivity index (χ3v) is 4.26. The van der Waals surface area contributed by atoms with Gasteiger partial charge >= 0.3 is 0 Å². The van der Waals surface area contributed by atoms with Crippen molar-refractivity contribution in [1.29, 1.82) is 0 Å². The number of hydrogen-bond donors (Lipinski definition) is 2. The second-order valence-electron chi connectivity index (χ2n) is 5.13. The summed E-state index contributed by atoms with van der Waals surface area (Å²) in [5.41, 5.74) is 6.72. The van der Waals surface area contributed by atoms with Gasteiger partial charge in [-0.05, 0) is 30.0 Å². The fourth-order valence-corrected chi connectivity index (χ4v) is 3.17. The maximum Gasteiger partial charge on any atom is 0.237 e. The highest BCUT2D eigenvalue weighted by Gasteiger charge is 2.49. The molecule has 2 amide bonds. The summed E-state index contributed by atoms with van der Waals surface area (Å²) < 4.78 is 0. The Morgan fingerprint density at radius 3 is 2.42 bits per heavy atom. The van der Waals surface area contributed by atoms with E-state index < -0.39 is 5.41 Å². The Labute approximate surface area is 113 Å². The van der Waals surface area contributed by atoms with Crippen molar-refractivity contribution >= 4 is 17.5 Å². The molecule has 4 nitrogen and oxygen atoms in total. The van der Waals surface area contributed by atoms with Crippen LogP contribution in [0.5, 0.6) is 0 Å². The molecule has 0 radical (unpaired) electrons. The highest BCUT2D eigenvalue weighted by Crippen LogP contribution is 2.42. The van der Waals surface area contributed by atoms with Gasteiger partial charge in [0, 0.05) is 12.1 Å². The molecule has 102 valence electrons. The summed E-state index contributed by atoms with van der Waals surface area (Å²) in [6, 6.07) is 7.42. The molecule has 1 heterocycles. The smallest absolute Gasteiger partial charge is 0.237 e. The zero-order valence-electron chi connectivity index (χ0n) is 11.4. The number of amides is 2. The minimum absolute atomic E-state index is 0.0439. The van der Waals surface area contributed by atoms with Crippen LogP contribution in [0.15, 0.2) is 24.3 Å². The number of carbonyl (C=O) groups excluding carboxylic acids is 2. The van der Waals surface area contributed by atoms with Crippen molar-refractivity contribution in [3.05, 3.63) is 29.8 Å². The number of benzene rings is 1. The maximum atomic E-state index is 12.4. The Balaban J connectivity index is 2.52. The molecule has 2 rings (SSSR count). The zero-order chi connectivity index (χ0) is 14.0. The van der Waals surface area contributed by atoms with Gasteiger partial charge in [-0.3, -0.25) is 14.9 Å². The van der Waals surface area contributed by atoms with E-state index in [1.54, 1.807) is 0 Å². The van der Waals surface area contributed by atoms with Crippen molar-refractivity contribution in [2.75, 3.05) is 5.73 Å². The third kappa shape index (κ3) is 2.11. The first-order chi connectivity index (χ1) is 9.04. The number of carbonyl (C=O) groups is 2. The highest BCUT2D eigenvalue weighted by molar-refractivity contribution is 6.04. The number of nitrogens with one attached hydrogen (secondary N) is 1. The van der Waals surface area contributed by atoms with Crippen LogP contribution in [0.3, 0.4) is 0 Å². The summed E-state index contributed by atoms with van der Waals surface area (Å²) in [5.74, 6) is -0.304. The third-order valence-electron chi connectivity index (χ3n) is 4.26. The van der Waals surface area contributed by atoms with Crippen LogP contribution in [-0.4, -0.2) is 11.8 Å². The van der Waals surface area contributed by atoms with Gasteiger partial charge in [-0.15, -0.1) is 0 Å². The van der Waals surface area contributed by atoms with E-state index in [4.69, 9.17) is 5.73 Å². The van der Waals surface area contributed by atoms with Crippen molar-refractivity contribution in [2.45, 2.75) is 38.5 Å².